The molecule has 0 saturated carbocycles. The third kappa shape index (κ3) is 1.59. The Morgan fingerprint density at radius 2 is 2.29 bits per heavy atom. The Balaban J connectivity index is 3.02. The fourth-order valence-electron chi connectivity index (χ4n) is 0.415. The van der Waals surface area contributed by atoms with Crippen molar-refractivity contribution >= 4 is 29.5 Å². The SMILES string of the molecule is Ic1bcccc1. The normalized spacial score (nSPS) is 8.14. The van der Waals surface area contributed by atoms with E-state index in [9.17, 15) is 0 Å². The van der Waals surface area contributed by atoms with Crippen LogP contribution in [0, 0.1) is 3.47 Å². The van der Waals surface area contributed by atoms with E-state index in [0.717, 1.165) is 0 Å². The zero-order chi connectivity index (χ0) is 5.11. The summed E-state index contributed by atoms with van der Waals surface area (Å²) in [7, 11) is 0. The van der Waals surface area contributed by atoms with E-state index in [-0.39, 0.29) is 0 Å². The summed E-state index contributed by atoms with van der Waals surface area (Å²) in [5.41, 5.74) is 0. The molecule has 0 saturated heterocycles. The van der Waals surface area contributed by atoms with Crippen LogP contribution in [0.25, 0.3) is 0 Å². The molecule has 1 heterocycles. The molecule has 34 valence electrons. The number of halogens is 1. The van der Waals surface area contributed by atoms with Gasteiger partial charge in [0.2, 0.25) is 0 Å². The first-order chi connectivity index (χ1) is 3.39. The Bertz CT molecular complexity index is 138. The van der Waals surface area contributed by atoms with Gasteiger partial charge in [-0.2, -0.15) is 0 Å². The zero-order valence-electron chi connectivity index (χ0n) is 3.76. The van der Waals surface area contributed by atoms with Gasteiger partial charge in [0.25, 0.3) is 0 Å². The van der Waals surface area contributed by atoms with E-state index in [0.29, 0.717) is 0 Å². The van der Waals surface area contributed by atoms with E-state index in [1.54, 1.807) is 0 Å². The molecule has 0 atom stereocenters. The summed E-state index contributed by atoms with van der Waals surface area (Å²) in [6.45, 7) is 2.07. The second-order valence-corrected chi connectivity index (χ2v) is 2.54. The van der Waals surface area contributed by atoms with Crippen molar-refractivity contribution in [3.05, 3.63) is 27.6 Å². The summed E-state index contributed by atoms with van der Waals surface area (Å²) in [4.78, 5) is 0. The van der Waals surface area contributed by atoms with Gasteiger partial charge in [-0.1, -0.05) is 0 Å². The van der Waals surface area contributed by atoms with Crippen molar-refractivity contribution < 1.29 is 0 Å². The molecule has 0 amide bonds. The predicted molar refractivity (Wildman–Crippen MR) is 40.5 cm³/mol. The van der Waals surface area contributed by atoms with Crippen LogP contribution in [0.5, 0.6) is 0 Å². The first-order valence-electron chi connectivity index (χ1n) is 2.10. The van der Waals surface area contributed by atoms with Crippen LogP contribution in [0.3, 0.4) is 0 Å². The maximum absolute atomic E-state index is 2.28. The van der Waals surface area contributed by atoms with Gasteiger partial charge in [-0.25, -0.2) is 0 Å². The van der Waals surface area contributed by atoms with Gasteiger partial charge in [0.05, 0.1) is 0 Å². The fourth-order valence-corrected chi connectivity index (χ4v) is 0.830. The van der Waals surface area contributed by atoms with Gasteiger partial charge < -0.3 is 0 Å². The molecule has 0 unspecified atom stereocenters. The molecule has 0 aliphatic carbocycles. The molecule has 2 heteroatoms. The number of hydrogen-bond donors (Lipinski definition) is 0. The Morgan fingerprint density at radius 1 is 1.43 bits per heavy atom. The molecular formula is C5H4BI. The minimum absolute atomic E-state index is 1.29. The second kappa shape index (κ2) is 2.45. The Labute approximate surface area is 57.3 Å². The van der Waals surface area contributed by atoms with Crippen LogP contribution < -0.4 is 0 Å². The molecule has 0 spiro atoms. The van der Waals surface area contributed by atoms with Gasteiger partial charge in [-0.3, -0.25) is 0 Å². The molecule has 0 aliphatic rings. The van der Waals surface area contributed by atoms with Crippen LogP contribution in [0.2, 0.25) is 0 Å². The van der Waals surface area contributed by atoms with E-state index in [2.05, 4.69) is 35.6 Å². The molecule has 1 aromatic heterocycles. The first-order valence-corrected chi connectivity index (χ1v) is 3.18. The number of rotatable bonds is 0. The molecule has 0 bridgehead atoms. The molecule has 7 heavy (non-hydrogen) atoms. The maximum atomic E-state index is 2.28. The van der Waals surface area contributed by atoms with E-state index in [4.69, 9.17) is 0 Å². The molecule has 1 rings (SSSR count). The number of hydrogen-bond acceptors (Lipinski definition) is 0. The van der Waals surface area contributed by atoms with Gasteiger partial charge in [-0.05, 0) is 0 Å². The third-order valence-electron chi connectivity index (χ3n) is 0.733. The van der Waals surface area contributed by atoms with Gasteiger partial charge in [-0.15, -0.1) is 0 Å². The van der Waals surface area contributed by atoms with E-state index < -0.39 is 0 Å². The van der Waals surface area contributed by atoms with Crippen LogP contribution >= 0.6 is 22.6 Å². The Kier molecular flexibility index (Phi) is 1.85. The summed E-state index contributed by atoms with van der Waals surface area (Å²) in [5.74, 6) is 2.03. The summed E-state index contributed by atoms with van der Waals surface area (Å²) in [5, 5.41) is 0. The summed E-state index contributed by atoms with van der Waals surface area (Å²) in [6.07, 6.45) is 0. The standard InChI is InChI=1S/C5H4BI/c7-5-3-1-2-4-6-5/h1-4H. The van der Waals surface area contributed by atoms with Crippen molar-refractivity contribution in [3.63, 3.8) is 0 Å². The first kappa shape index (κ1) is 5.28. The summed E-state index contributed by atoms with van der Waals surface area (Å²) in [6, 6.07) is 6.12. The fraction of sp³-hybridized carbons (Fsp3) is 0. The summed E-state index contributed by atoms with van der Waals surface area (Å²) < 4.78 is 1.29. The van der Waals surface area contributed by atoms with Crippen LogP contribution in [0.1, 0.15) is 0 Å². The zero-order valence-corrected chi connectivity index (χ0v) is 5.92. The molecule has 0 aliphatic heterocycles. The van der Waals surface area contributed by atoms with Gasteiger partial charge in [0, 0.05) is 0 Å². The summed E-state index contributed by atoms with van der Waals surface area (Å²) >= 11 is 2.28. The molecule has 0 fully saturated rings. The molecule has 0 nitrogen and oxygen atoms in total. The molecular weight excluding hydrogens is 198 g/mol. The van der Waals surface area contributed by atoms with Gasteiger partial charge in [0.15, 0.2) is 0 Å². The van der Waals surface area contributed by atoms with Crippen LogP contribution in [-0.2, 0) is 0 Å². The Hall–Kier alpha value is 0.145. The third-order valence-corrected chi connectivity index (χ3v) is 1.45. The van der Waals surface area contributed by atoms with Crippen LogP contribution in [0.15, 0.2) is 24.2 Å². The van der Waals surface area contributed by atoms with Crippen molar-refractivity contribution in [3.8, 4) is 0 Å². The average Bonchev–Trinajstić information content (AvgIpc) is 1.69. The van der Waals surface area contributed by atoms with Crippen molar-refractivity contribution in [2.45, 2.75) is 0 Å². The molecule has 1 aromatic rings. The minimum atomic E-state index is 1.29. The monoisotopic (exact) mass is 202 g/mol. The topological polar surface area (TPSA) is 0 Å². The van der Waals surface area contributed by atoms with Crippen LogP contribution in [0.4, 0.5) is 0 Å². The van der Waals surface area contributed by atoms with E-state index in [1.807, 2.05) is 18.1 Å². The quantitative estimate of drug-likeness (QED) is 0.560. The van der Waals surface area contributed by atoms with Crippen molar-refractivity contribution in [1.82, 2.24) is 0 Å². The average molecular weight is 202 g/mol. The van der Waals surface area contributed by atoms with Gasteiger partial charge in [0.1, 0.15) is 0 Å². The van der Waals surface area contributed by atoms with Crippen molar-refractivity contribution in [2.75, 3.05) is 0 Å². The molecule has 0 aromatic carbocycles. The van der Waals surface area contributed by atoms with Gasteiger partial charge >= 0.3 is 57.1 Å². The molecule has 0 radical (unpaired) electrons. The van der Waals surface area contributed by atoms with Crippen molar-refractivity contribution in [2.24, 2.45) is 0 Å². The second-order valence-electron chi connectivity index (χ2n) is 1.30. The Morgan fingerprint density at radius 3 is 2.57 bits per heavy atom. The predicted octanol–water partition coefficient (Wildman–Crippen LogP) is 1.63. The van der Waals surface area contributed by atoms with Crippen LogP contribution in [-0.4, -0.2) is 6.91 Å². The van der Waals surface area contributed by atoms with E-state index in [1.165, 1.54) is 3.47 Å². The van der Waals surface area contributed by atoms with Crippen molar-refractivity contribution in [1.29, 1.82) is 0 Å². The van der Waals surface area contributed by atoms with E-state index >= 15 is 0 Å². The molecule has 0 N–H and O–H groups in total.